The second-order valence-electron chi connectivity index (χ2n) is 2.89. The van der Waals surface area contributed by atoms with Crippen LogP contribution in [-0.4, -0.2) is 36.1 Å². The van der Waals surface area contributed by atoms with E-state index in [9.17, 15) is 4.79 Å². The van der Waals surface area contributed by atoms with E-state index in [2.05, 4.69) is 5.32 Å². The predicted octanol–water partition coefficient (Wildman–Crippen LogP) is -0.889. The molecule has 10 heavy (non-hydrogen) atoms. The highest BCUT2D eigenvalue weighted by Gasteiger charge is 2.42. The zero-order valence-corrected chi connectivity index (χ0v) is 5.71. The maximum atomic E-state index is 11.0. The van der Waals surface area contributed by atoms with Gasteiger partial charge in [0.25, 0.3) is 0 Å². The maximum Gasteiger partial charge on any atom is 0.317 e. The number of nitrogens with zero attached hydrogens (tertiary/aromatic N) is 1. The summed E-state index contributed by atoms with van der Waals surface area (Å²) < 4.78 is 0. The van der Waals surface area contributed by atoms with Crippen molar-refractivity contribution in [3.8, 4) is 0 Å². The van der Waals surface area contributed by atoms with Gasteiger partial charge >= 0.3 is 6.03 Å². The van der Waals surface area contributed by atoms with Crippen molar-refractivity contribution in [3.63, 3.8) is 0 Å². The minimum absolute atomic E-state index is 0.0537. The van der Waals surface area contributed by atoms with Gasteiger partial charge < -0.3 is 16.0 Å². The van der Waals surface area contributed by atoms with Gasteiger partial charge in [-0.15, -0.1) is 0 Å². The lowest BCUT2D eigenvalue weighted by molar-refractivity contribution is 0.214. The number of carbonyl (C=O) groups excluding carboxylic acids is 1. The highest BCUT2D eigenvalue weighted by atomic mass is 16.2. The number of carbonyl (C=O) groups is 1. The van der Waals surface area contributed by atoms with Crippen LogP contribution in [0.15, 0.2) is 0 Å². The molecule has 0 aromatic carbocycles. The van der Waals surface area contributed by atoms with E-state index in [-0.39, 0.29) is 12.1 Å². The van der Waals surface area contributed by atoms with E-state index in [0.717, 1.165) is 19.5 Å². The number of urea groups is 1. The molecule has 0 aromatic rings. The van der Waals surface area contributed by atoms with Gasteiger partial charge in [0.2, 0.25) is 0 Å². The molecular weight excluding hydrogens is 130 g/mol. The average molecular weight is 141 g/mol. The number of rotatable bonds is 1. The molecule has 2 amide bonds. The Kier molecular flexibility index (Phi) is 1.11. The van der Waals surface area contributed by atoms with E-state index in [4.69, 9.17) is 5.73 Å². The molecule has 1 aliphatic heterocycles. The highest BCUT2D eigenvalue weighted by Crippen LogP contribution is 2.26. The van der Waals surface area contributed by atoms with Crippen LogP contribution in [0.25, 0.3) is 0 Å². The summed E-state index contributed by atoms with van der Waals surface area (Å²) in [6.07, 6.45) is 0.980. The minimum atomic E-state index is 0.0537. The Labute approximate surface area is 59.4 Å². The Balaban J connectivity index is 1.98. The van der Waals surface area contributed by atoms with Crippen molar-refractivity contribution in [1.82, 2.24) is 10.2 Å². The Hall–Kier alpha value is -0.770. The van der Waals surface area contributed by atoms with Crippen LogP contribution in [0.1, 0.15) is 6.42 Å². The first kappa shape index (κ1) is 5.97. The van der Waals surface area contributed by atoms with Crippen LogP contribution >= 0.6 is 0 Å². The first-order chi connectivity index (χ1) is 4.79. The van der Waals surface area contributed by atoms with E-state index in [1.165, 1.54) is 0 Å². The van der Waals surface area contributed by atoms with Crippen LogP contribution in [0, 0.1) is 0 Å². The van der Waals surface area contributed by atoms with Gasteiger partial charge in [0.05, 0.1) is 6.04 Å². The summed E-state index contributed by atoms with van der Waals surface area (Å²) in [5.41, 5.74) is 5.59. The van der Waals surface area contributed by atoms with Gasteiger partial charge in [-0.2, -0.15) is 0 Å². The fourth-order valence-corrected chi connectivity index (χ4v) is 1.36. The predicted molar refractivity (Wildman–Crippen MR) is 36.5 cm³/mol. The maximum absolute atomic E-state index is 11.0. The second kappa shape index (κ2) is 1.85. The van der Waals surface area contributed by atoms with Crippen molar-refractivity contribution >= 4 is 6.03 Å². The Morgan fingerprint density at radius 1 is 1.70 bits per heavy atom. The van der Waals surface area contributed by atoms with Gasteiger partial charge in [0, 0.05) is 19.1 Å². The monoisotopic (exact) mass is 141 g/mol. The summed E-state index contributed by atoms with van der Waals surface area (Å²) in [7, 11) is 0. The first-order valence-electron chi connectivity index (χ1n) is 3.59. The Bertz CT molecular complexity index is 170. The molecule has 0 bridgehead atoms. The largest absolute Gasteiger partial charge is 0.336 e. The summed E-state index contributed by atoms with van der Waals surface area (Å²) >= 11 is 0. The SMILES string of the molecule is NC1CC1N1CCNC1=O. The van der Waals surface area contributed by atoms with Crippen molar-refractivity contribution < 1.29 is 4.79 Å². The summed E-state index contributed by atoms with van der Waals surface area (Å²) in [4.78, 5) is 12.8. The van der Waals surface area contributed by atoms with Crippen molar-refractivity contribution in [2.45, 2.75) is 18.5 Å². The van der Waals surface area contributed by atoms with E-state index in [0.29, 0.717) is 6.04 Å². The van der Waals surface area contributed by atoms with Gasteiger partial charge in [0.15, 0.2) is 0 Å². The highest BCUT2D eigenvalue weighted by molar-refractivity contribution is 5.77. The van der Waals surface area contributed by atoms with Gasteiger partial charge in [-0.05, 0) is 6.42 Å². The molecule has 0 aromatic heterocycles. The number of amides is 2. The van der Waals surface area contributed by atoms with E-state index < -0.39 is 0 Å². The molecule has 0 radical (unpaired) electrons. The fraction of sp³-hybridized carbons (Fsp3) is 0.833. The first-order valence-corrected chi connectivity index (χ1v) is 3.59. The summed E-state index contributed by atoms with van der Waals surface area (Å²) in [5, 5.41) is 2.74. The van der Waals surface area contributed by atoms with Crippen molar-refractivity contribution in [2.75, 3.05) is 13.1 Å². The molecule has 56 valence electrons. The molecule has 2 unspecified atom stereocenters. The zero-order valence-electron chi connectivity index (χ0n) is 5.71. The summed E-state index contributed by atoms with van der Waals surface area (Å²) in [6.45, 7) is 1.61. The van der Waals surface area contributed by atoms with Crippen molar-refractivity contribution in [1.29, 1.82) is 0 Å². The van der Waals surface area contributed by atoms with Crippen LogP contribution in [0.2, 0.25) is 0 Å². The molecular formula is C6H11N3O. The molecule has 2 rings (SSSR count). The van der Waals surface area contributed by atoms with Crippen LogP contribution < -0.4 is 11.1 Å². The van der Waals surface area contributed by atoms with E-state index in [1.807, 2.05) is 4.90 Å². The normalized spacial score (nSPS) is 38.1. The van der Waals surface area contributed by atoms with Gasteiger partial charge in [-0.25, -0.2) is 4.79 Å². The third kappa shape index (κ3) is 0.759. The minimum Gasteiger partial charge on any atom is -0.336 e. The topological polar surface area (TPSA) is 58.4 Å². The third-order valence-electron chi connectivity index (χ3n) is 2.09. The third-order valence-corrected chi connectivity index (χ3v) is 2.09. The molecule has 2 fully saturated rings. The smallest absolute Gasteiger partial charge is 0.317 e. The standard InChI is InChI=1S/C6H11N3O/c7-4-3-5(4)9-2-1-8-6(9)10/h4-5H,1-3,7H2,(H,8,10). The van der Waals surface area contributed by atoms with Gasteiger partial charge in [0.1, 0.15) is 0 Å². The quantitative estimate of drug-likeness (QED) is 0.497. The molecule has 1 saturated heterocycles. The molecule has 4 nitrogen and oxygen atoms in total. The lowest BCUT2D eigenvalue weighted by Crippen LogP contribution is -2.33. The number of nitrogens with one attached hydrogen (secondary N) is 1. The van der Waals surface area contributed by atoms with Crippen LogP contribution in [0.4, 0.5) is 4.79 Å². The Morgan fingerprint density at radius 3 is 2.80 bits per heavy atom. The lowest BCUT2D eigenvalue weighted by Gasteiger charge is -2.11. The molecule has 1 saturated carbocycles. The van der Waals surface area contributed by atoms with Gasteiger partial charge in [-0.3, -0.25) is 0 Å². The lowest BCUT2D eigenvalue weighted by atomic mass is 10.5. The molecule has 3 N–H and O–H groups in total. The van der Waals surface area contributed by atoms with Gasteiger partial charge in [-0.1, -0.05) is 0 Å². The van der Waals surface area contributed by atoms with Crippen LogP contribution in [-0.2, 0) is 0 Å². The summed E-state index contributed by atoms with van der Waals surface area (Å²) in [6, 6.07) is 0.629. The molecule has 0 spiro atoms. The van der Waals surface area contributed by atoms with E-state index in [1.54, 1.807) is 0 Å². The van der Waals surface area contributed by atoms with Crippen LogP contribution in [0.3, 0.4) is 0 Å². The second-order valence-corrected chi connectivity index (χ2v) is 2.89. The molecule has 2 aliphatic rings. The molecule has 4 heteroatoms. The molecule has 1 aliphatic carbocycles. The fourth-order valence-electron chi connectivity index (χ4n) is 1.36. The molecule has 1 heterocycles. The average Bonchev–Trinajstić information content (AvgIpc) is 2.42. The number of nitrogens with two attached hydrogens (primary N) is 1. The number of hydrogen-bond acceptors (Lipinski definition) is 2. The zero-order chi connectivity index (χ0) is 7.14. The number of hydrogen-bond donors (Lipinski definition) is 2. The Morgan fingerprint density at radius 2 is 2.40 bits per heavy atom. The molecule has 2 atom stereocenters. The van der Waals surface area contributed by atoms with Crippen LogP contribution in [0.5, 0.6) is 0 Å². The van der Waals surface area contributed by atoms with E-state index >= 15 is 0 Å². The summed E-state index contributed by atoms with van der Waals surface area (Å²) in [5.74, 6) is 0. The van der Waals surface area contributed by atoms with Crippen molar-refractivity contribution in [2.24, 2.45) is 5.73 Å². The van der Waals surface area contributed by atoms with Crippen molar-refractivity contribution in [3.05, 3.63) is 0 Å².